The number of benzene rings is 1. The highest BCUT2D eigenvalue weighted by Gasteiger charge is 2.07. The second-order valence-corrected chi connectivity index (χ2v) is 3.39. The van der Waals surface area contributed by atoms with Crippen molar-refractivity contribution in [2.75, 3.05) is 13.7 Å². The molecule has 0 heterocycles. The topological polar surface area (TPSA) is 73.6 Å². The van der Waals surface area contributed by atoms with Gasteiger partial charge >= 0.3 is 0 Å². The van der Waals surface area contributed by atoms with Crippen LogP contribution in [-0.2, 0) is 4.84 Å². The van der Waals surface area contributed by atoms with E-state index in [4.69, 9.17) is 10.6 Å². The van der Waals surface area contributed by atoms with E-state index < -0.39 is 0 Å². The number of nitrogens with two attached hydrogens (primary N) is 1. The summed E-state index contributed by atoms with van der Waals surface area (Å²) in [5.41, 5.74) is 0.574. The van der Waals surface area contributed by atoms with E-state index in [-0.39, 0.29) is 12.0 Å². The van der Waals surface area contributed by atoms with E-state index in [2.05, 4.69) is 10.2 Å². The number of methoxy groups -OCH3 is 1. The first-order valence-electron chi connectivity index (χ1n) is 4.95. The summed E-state index contributed by atoms with van der Waals surface area (Å²) < 4.78 is 5.00. The molecule has 0 aliphatic carbocycles. The highest BCUT2D eigenvalue weighted by atomic mass is 16.6. The van der Waals surface area contributed by atoms with Crippen LogP contribution in [0, 0.1) is 0 Å². The molecule has 0 saturated heterocycles. The van der Waals surface area contributed by atoms with Gasteiger partial charge in [-0.15, -0.1) is 0 Å². The molecule has 1 rings (SSSR count). The Hall–Kier alpha value is -1.59. The molecule has 0 bridgehead atoms. The normalized spacial score (nSPS) is 11.9. The van der Waals surface area contributed by atoms with Crippen LogP contribution in [0.5, 0.6) is 5.75 Å². The van der Waals surface area contributed by atoms with Crippen LogP contribution in [0.25, 0.3) is 0 Å². The number of hydrogen-bond acceptors (Lipinski definition) is 4. The second-order valence-electron chi connectivity index (χ2n) is 3.39. The zero-order valence-electron chi connectivity index (χ0n) is 9.40. The number of rotatable bonds is 5. The Labute approximate surface area is 94.5 Å². The summed E-state index contributed by atoms with van der Waals surface area (Å²) in [7, 11) is 1.58. The van der Waals surface area contributed by atoms with E-state index in [0.717, 1.165) is 5.75 Å². The van der Waals surface area contributed by atoms with Crippen LogP contribution in [-0.4, -0.2) is 25.7 Å². The highest BCUT2D eigenvalue weighted by Crippen LogP contribution is 2.10. The van der Waals surface area contributed by atoms with Crippen LogP contribution in [0.2, 0.25) is 0 Å². The third-order valence-corrected chi connectivity index (χ3v) is 2.13. The quantitative estimate of drug-likeness (QED) is 0.722. The molecular formula is C11H16N2O3. The van der Waals surface area contributed by atoms with Gasteiger partial charge in [-0.1, -0.05) is 0 Å². The molecule has 0 radical (unpaired) electrons. The first kappa shape index (κ1) is 12.5. The van der Waals surface area contributed by atoms with Crippen LogP contribution >= 0.6 is 0 Å². The van der Waals surface area contributed by atoms with Gasteiger partial charge in [0, 0.05) is 12.1 Å². The maximum Gasteiger partial charge on any atom is 0.251 e. The lowest BCUT2D eigenvalue weighted by Crippen LogP contribution is -2.33. The van der Waals surface area contributed by atoms with Crippen molar-refractivity contribution < 1.29 is 14.4 Å². The van der Waals surface area contributed by atoms with E-state index >= 15 is 0 Å². The van der Waals surface area contributed by atoms with Crippen molar-refractivity contribution in [1.82, 2.24) is 5.32 Å². The summed E-state index contributed by atoms with van der Waals surface area (Å²) >= 11 is 0. The smallest absolute Gasteiger partial charge is 0.251 e. The van der Waals surface area contributed by atoms with Gasteiger partial charge in [0.15, 0.2) is 0 Å². The zero-order chi connectivity index (χ0) is 12.0. The molecule has 5 nitrogen and oxygen atoms in total. The van der Waals surface area contributed by atoms with Crippen molar-refractivity contribution in [2.24, 2.45) is 5.90 Å². The summed E-state index contributed by atoms with van der Waals surface area (Å²) in [6.45, 7) is 2.15. The highest BCUT2D eigenvalue weighted by molar-refractivity contribution is 5.94. The molecule has 5 heteroatoms. The lowest BCUT2D eigenvalue weighted by molar-refractivity contribution is 0.0622. The van der Waals surface area contributed by atoms with Crippen LogP contribution in [0.15, 0.2) is 24.3 Å². The molecular weight excluding hydrogens is 208 g/mol. The third-order valence-electron chi connectivity index (χ3n) is 2.13. The van der Waals surface area contributed by atoms with Gasteiger partial charge < -0.3 is 10.1 Å². The van der Waals surface area contributed by atoms with Gasteiger partial charge in [0.25, 0.3) is 5.91 Å². The molecule has 0 aliphatic heterocycles. The zero-order valence-corrected chi connectivity index (χ0v) is 9.40. The average molecular weight is 224 g/mol. The maximum atomic E-state index is 11.6. The predicted molar refractivity (Wildman–Crippen MR) is 60.1 cm³/mol. The molecule has 16 heavy (non-hydrogen) atoms. The van der Waals surface area contributed by atoms with E-state index in [0.29, 0.717) is 12.1 Å². The van der Waals surface area contributed by atoms with Crippen LogP contribution in [0.4, 0.5) is 0 Å². The Kier molecular flexibility index (Phi) is 4.75. The Bertz CT molecular complexity index is 338. The Morgan fingerprint density at radius 2 is 2.06 bits per heavy atom. The number of nitrogens with one attached hydrogen (secondary N) is 1. The molecule has 1 aromatic carbocycles. The monoisotopic (exact) mass is 224 g/mol. The fourth-order valence-corrected chi connectivity index (χ4v) is 1.13. The Morgan fingerprint density at radius 3 is 2.56 bits per heavy atom. The molecule has 0 fully saturated rings. The van der Waals surface area contributed by atoms with E-state index in [1.807, 2.05) is 0 Å². The molecule has 1 unspecified atom stereocenters. The molecule has 0 saturated carbocycles. The predicted octanol–water partition coefficient (Wildman–Crippen LogP) is 0.704. The molecule has 0 aromatic heterocycles. The maximum absolute atomic E-state index is 11.6. The van der Waals surface area contributed by atoms with Gasteiger partial charge in [0.05, 0.1) is 13.2 Å². The molecule has 1 atom stereocenters. The summed E-state index contributed by atoms with van der Waals surface area (Å²) in [6.07, 6.45) is -0.206. The molecule has 88 valence electrons. The van der Waals surface area contributed by atoms with Crippen molar-refractivity contribution in [3.8, 4) is 5.75 Å². The van der Waals surface area contributed by atoms with Crippen molar-refractivity contribution in [2.45, 2.75) is 13.0 Å². The van der Waals surface area contributed by atoms with Crippen molar-refractivity contribution in [3.63, 3.8) is 0 Å². The largest absolute Gasteiger partial charge is 0.497 e. The lowest BCUT2D eigenvalue weighted by atomic mass is 10.2. The van der Waals surface area contributed by atoms with Crippen molar-refractivity contribution in [1.29, 1.82) is 0 Å². The average Bonchev–Trinajstić information content (AvgIpc) is 2.35. The third kappa shape index (κ3) is 3.52. The fourth-order valence-electron chi connectivity index (χ4n) is 1.13. The lowest BCUT2D eigenvalue weighted by Gasteiger charge is -2.10. The summed E-state index contributed by atoms with van der Waals surface area (Å²) in [4.78, 5) is 16.2. The minimum Gasteiger partial charge on any atom is -0.497 e. The summed E-state index contributed by atoms with van der Waals surface area (Å²) in [5, 5.41) is 2.70. The summed E-state index contributed by atoms with van der Waals surface area (Å²) in [6, 6.07) is 6.86. The van der Waals surface area contributed by atoms with Crippen molar-refractivity contribution >= 4 is 5.91 Å². The van der Waals surface area contributed by atoms with Gasteiger partial charge in [0.2, 0.25) is 0 Å². The number of carbonyl (C=O) groups excluding carboxylic acids is 1. The van der Waals surface area contributed by atoms with Crippen molar-refractivity contribution in [3.05, 3.63) is 29.8 Å². The van der Waals surface area contributed by atoms with E-state index in [1.165, 1.54) is 0 Å². The Morgan fingerprint density at radius 1 is 1.44 bits per heavy atom. The number of amides is 1. The molecule has 1 amide bonds. The fraction of sp³-hybridized carbons (Fsp3) is 0.364. The van der Waals surface area contributed by atoms with Gasteiger partial charge in [-0.2, -0.15) is 0 Å². The SMILES string of the molecule is COc1ccc(C(=O)NCC(C)ON)cc1. The minimum atomic E-state index is -0.206. The molecule has 3 N–H and O–H groups in total. The number of carbonyl (C=O) groups is 1. The molecule has 1 aromatic rings. The van der Waals surface area contributed by atoms with Gasteiger partial charge in [-0.25, -0.2) is 5.90 Å². The van der Waals surface area contributed by atoms with Gasteiger partial charge in [-0.05, 0) is 31.2 Å². The van der Waals surface area contributed by atoms with Crippen LogP contribution in [0.3, 0.4) is 0 Å². The Balaban J connectivity index is 2.52. The number of hydrogen-bond donors (Lipinski definition) is 2. The number of ether oxygens (including phenoxy) is 1. The van der Waals surface area contributed by atoms with Crippen LogP contribution in [0.1, 0.15) is 17.3 Å². The molecule has 0 aliphatic rings. The minimum absolute atomic E-state index is 0.161. The first-order chi connectivity index (χ1) is 7.67. The first-order valence-corrected chi connectivity index (χ1v) is 4.95. The van der Waals surface area contributed by atoms with E-state index in [9.17, 15) is 4.79 Å². The van der Waals surface area contributed by atoms with E-state index in [1.54, 1.807) is 38.3 Å². The van der Waals surface area contributed by atoms with Gasteiger partial charge in [0.1, 0.15) is 5.75 Å². The van der Waals surface area contributed by atoms with Gasteiger partial charge in [-0.3, -0.25) is 9.63 Å². The molecule has 0 spiro atoms. The van der Waals surface area contributed by atoms with Crippen LogP contribution < -0.4 is 16.0 Å². The second kappa shape index (κ2) is 6.09. The standard InChI is InChI=1S/C11H16N2O3/c1-8(16-12)7-13-11(14)9-3-5-10(15-2)6-4-9/h3-6,8H,7,12H2,1-2H3,(H,13,14). The summed E-state index contributed by atoms with van der Waals surface area (Å²) in [5.74, 6) is 5.52.